The molecule has 1 aliphatic rings. The third-order valence-electron chi connectivity index (χ3n) is 4.05. The first-order valence-electron chi connectivity index (χ1n) is 8.12. The van der Waals surface area contributed by atoms with E-state index in [1.54, 1.807) is 19.2 Å². The third-order valence-corrected chi connectivity index (χ3v) is 4.05. The highest BCUT2D eigenvalue weighted by Crippen LogP contribution is 2.10. The van der Waals surface area contributed by atoms with Gasteiger partial charge in [0, 0.05) is 39.1 Å². The third kappa shape index (κ3) is 5.92. The van der Waals surface area contributed by atoms with Crippen LogP contribution in [0.3, 0.4) is 0 Å². The van der Waals surface area contributed by atoms with Crippen LogP contribution in [0.2, 0.25) is 0 Å². The normalized spacial score (nSPS) is 17.4. The van der Waals surface area contributed by atoms with Gasteiger partial charge >= 0.3 is 0 Å². The Hall–Kier alpha value is -1.38. The molecule has 2 rings (SSSR count). The van der Waals surface area contributed by atoms with Gasteiger partial charge in [-0.05, 0) is 24.5 Å². The van der Waals surface area contributed by atoms with Gasteiger partial charge in [0.1, 0.15) is 5.82 Å². The van der Waals surface area contributed by atoms with Crippen LogP contribution in [0.15, 0.2) is 29.3 Å². The molecule has 1 aromatic rings. The number of likely N-dealkylation sites (tertiary alicyclic amines) is 1. The van der Waals surface area contributed by atoms with E-state index in [2.05, 4.69) is 15.6 Å². The zero-order valence-electron chi connectivity index (χ0n) is 14.2. The van der Waals surface area contributed by atoms with Crippen molar-refractivity contribution in [2.45, 2.75) is 32.2 Å². The van der Waals surface area contributed by atoms with Crippen LogP contribution in [0, 0.1) is 5.82 Å². The Morgan fingerprint density at radius 1 is 1.42 bits per heavy atom. The molecule has 24 heavy (non-hydrogen) atoms. The van der Waals surface area contributed by atoms with Crippen molar-refractivity contribution in [2.24, 2.45) is 4.99 Å². The average Bonchev–Trinajstić information content (AvgIpc) is 3.03. The van der Waals surface area contributed by atoms with Crippen molar-refractivity contribution in [2.75, 3.05) is 26.7 Å². The van der Waals surface area contributed by atoms with E-state index in [1.807, 2.05) is 17.9 Å². The molecule has 7 heteroatoms. The van der Waals surface area contributed by atoms with Gasteiger partial charge in [0.25, 0.3) is 0 Å². The van der Waals surface area contributed by atoms with Crippen LogP contribution in [0.5, 0.6) is 0 Å². The van der Waals surface area contributed by atoms with E-state index in [0.717, 1.165) is 13.0 Å². The number of benzene rings is 1. The molecule has 0 aromatic heterocycles. The highest BCUT2D eigenvalue weighted by atomic mass is 127. The van der Waals surface area contributed by atoms with E-state index in [4.69, 9.17) is 0 Å². The summed E-state index contributed by atoms with van der Waals surface area (Å²) in [6.45, 7) is 3.98. The minimum absolute atomic E-state index is 0. The second-order valence-corrected chi connectivity index (χ2v) is 5.66. The zero-order valence-corrected chi connectivity index (χ0v) is 16.5. The summed E-state index contributed by atoms with van der Waals surface area (Å²) in [7, 11) is 1.71. The molecule has 0 bridgehead atoms. The summed E-state index contributed by atoms with van der Waals surface area (Å²) in [6, 6.07) is 7.00. The highest BCUT2D eigenvalue weighted by Gasteiger charge is 2.25. The number of carbonyl (C=O) groups is 1. The lowest BCUT2D eigenvalue weighted by Crippen LogP contribution is -2.45. The van der Waals surface area contributed by atoms with Crippen molar-refractivity contribution < 1.29 is 9.18 Å². The summed E-state index contributed by atoms with van der Waals surface area (Å²) in [4.78, 5) is 17.8. The molecule has 2 N–H and O–H groups in total. The van der Waals surface area contributed by atoms with Gasteiger partial charge in [-0.3, -0.25) is 9.79 Å². The van der Waals surface area contributed by atoms with E-state index in [9.17, 15) is 9.18 Å². The molecule has 1 fully saturated rings. The van der Waals surface area contributed by atoms with Crippen molar-refractivity contribution >= 4 is 35.8 Å². The lowest BCUT2D eigenvalue weighted by Gasteiger charge is -2.18. The Balaban J connectivity index is 0.00000288. The molecule has 1 unspecified atom stereocenters. The summed E-state index contributed by atoms with van der Waals surface area (Å²) < 4.78 is 13.6. The number of aliphatic imine (C=N–C) groups is 1. The Morgan fingerprint density at radius 2 is 2.17 bits per heavy atom. The van der Waals surface area contributed by atoms with E-state index >= 15 is 0 Å². The summed E-state index contributed by atoms with van der Waals surface area (Å²) in [5.41, 5.74) is 0.691. The van der Waals surface area contributed by atoms with E-state index in [-0.39, 0.29) is 41.7 Å². The van der Waals surface area contributed by atoms with E-state index in [0.29, 0.717) is 37.5 Å². The van der Waals surface area contributed by atoms with Gasteiger partial charge in [-0.2, -0.15) is 0 Å². The second kappa shape index (κ2) is 10.5. The Bertz CT molecular complexity index is 567. The molecular weight excluding hydrogens is 422 g/mol. The van der Waals surface area contributed by atoms with Gasteiger partial charge in [0.05, 0.1) is 0 Å². The molecule has 0 radical (unpaired) electrons. The van der Waals surface area contributed by atoms with Gasteiger partial charge < -0.3 is 15.5 Å². The minimum Gasteiger partial charge on any atom is -0.356 e. The smallest absolute Gasteiger partial charge is 0.222 e. The van der Waals surface area contributed by atoms with Gasteiger partial charge in [-0.15, -0.1) is 24.0 Å². The standard InChI is InChI=1S/C17H25FN4O.HI/c1-3-16(23)22-11-9-14(12-22)21-17(19-2)20-10-8-13-6-4-5-7-15(13)18;/h4-7,14H,3,8-12H2,1-2H3,(H2,19,20,21);1H. The molecule has 1 saturated heterocycles. The molecule has 1 amide bonds. The quantitative estimate of drug-likeness (QED) is 0.413. The molecule has 5 nitrogen and oxygen atoms in total. The number of halogens is 2. The monoisotopic (exact) mass is 448 g/mol. The fraction of sp³-hybridized carbons (Fsp3) is 0.529. The number of nitrogens with one attached hydrogen (secondary N) is 2. The minimum atomic E-state index is -0.179. The van der Waals surface area contributed by atoms with Gasteiger partial charge in [-0.25, -0.2) is 4.39 Å². The van der Waals surface area contributed by atoms with Crippen molar-refractivity contribution in [1.82, 2.24) is 15.5 Å². The number of rotatable bonds is 5. The molecule has 0 aliphatic carbocycles. The van der Waals surface area contributed by atoms with Crippen LogP contribution in [0.1, 0.15) is 25.3 Å². The summed E-state index contributed by atoms with van der Waals surface area (Å²) in [5, 5.41) is 6.53. The maximum absolute atomic E-state index is 13.6. The van der Waals surface area contributed by atoms with Crippen LogP contribution in [-0.2, 0) is 11.2 Å². The average molecular weight is 448 g/mol. The van der Waals surface area contributed by atoms with Crippen molar-refractivity contribution in [3.05, 3.63) is 35.6 Å². The summed E-state index contributed by atoms with van der Waals surface area (Å²) >= 11 is 0. The largest absolute Gasteiger partial charge is 0.356 e. The zero-order chi connectivity index (χ0) is 16.7. The maximum atomic E-state index is 13.6. The fourth-order valence-corrected chi connectivity index (χ4v) is 2.73. The Kier molecular flexibility index (Phi) is 9.02. The summed E-state index contributed by atoms with van der Waals surface area (Å²) in [5.74, 6) is 0.704. The number of amides is 1. The Morgan fingerprint density at radius 3 is 2.83 bits per heavy atom. The van der Waals surface area contributed by atoms with E-state index in [1.165, 1.54) is 6.07 Å². The topological polar surface area (TPSA) is 56.7 Å². The molecule has 0 spiro atoms. The lowest BCUT2D eigenvalue weighted by atomic mass is 10.1. The molecule has 134 valence electrons. The number of hydrogen-bond donors (Lipinski definition) is 2. The number of guanidine groups is 1. The molecule has 1 aliphatic heterocycles. The SMILES string of the molecule is CCC(=O)N1CCC(NC(=NC)NCCc2ccccc2F)C1.I. The maximum Gasteiger partial charge on any atom is 0.222 e. The molecular formula is C17H26FIN4O. The first kappa shape index (κ1) is 20.7. The molecule has 1 aromatic carbocycles. The van der Waals surface area contributed by atoms with Gasteiger partial charge in [0.2, 0.25) is 5.91 Å². The van der Waals surface area contributed by atoms with Crippen LogP contribution in [0.4, 0.5) is 4.39 Å². The van der Waals surface area contributed by atoms with Crippen LogP contribution in [-0.4, -0.2) is 49.5 Å². The first-order valence-corrected chi connectivity index (χ1v) is 8.12. The second-order valence-electron chi connectivity index (χ2n) is 5.66. The van der Waals surface area contributed by atoms with Crippen molar-refractivity contribution in [3.63, 3.8) is 0 Å². The summed E-state index contributed by atoms with van der Waals surface area (Å²) in [6.07, 6.45) is 2.06. The highest BCUT2D eigenvalue weighted by molar-refractivity contribution is 14.0. The Labute approximate surface area is 160 Å². The van der Waals surface area contributed by atoms with Crippen molar-refractivity contribution in [1.29, 1.82) is 0 Å². The number of nitrogens with zero attached hydrogens (tertiary/aromatic N) is 2. The number of hydrogen-bond acceptors (Lipinski definition) is 2. The predicted octanol–water partition coefficient (Wildman–Crippen LogP) is 2.16. The lowest BCUT2D eigenvalue weighted by molar-refractivity contribution is -0.129. The number of carbonyl (C=O) groups excluding carboxylic acids is 1. The molecule has 1 heterocycles. The molecule has 0 saturated carbocycles. The van der Waals surface area contributed by atoms with Crippen LogP contribution >= 0.6 is 24.0 Å². The van der Waals surface area contributed by atoms with Crippen molar-refractivity contribution in [3.8, 4) is 0 Å². The fourth-order valence-electron chi connectivity index (χ4n) is 2.73. The van der Waals surface area contributed by atoms with E-state index < -0.39 is 0 Å². The van der Waals surface area contributed by atoms with Gasteiger partial charge in [-0.1, -0.05) is 25.1 Å². The van der Waals surface area contributed by atoms with Gasteiger partial charge in [0.15, 0.2) is 5.96 Å². The molecule has 1 atom stereocenters. The predicted molar refractivity (Wildman–Crippen MR) is 105 cm³/mol. The van der Waals surface area contributed by atoms with Crippen LogP contribution in [0.25, 0.3) is 0 Å². The van der Waals surface area contributed by atoms with Crippen LogP contribution < -0.4 is 10.6 Å². The first-order chi connectivity index (χ1) is 11.1.